The second kappa shape index (κ2) is 9.46. The van der Waals surface area contributed by atoms with Crippen LogP contribution in [-0.4, -0.2) is 39.1 Å². The van der Waals surface area contributed by atoms with Gasteiger partial charge >= 0.3 is 0 Å². The molecule has 0 radical (unpaired) electrons. The molecule has 0 aliphatic heterocycles. The van der Waals surface area contributed by atoms with Crippen LogP contribution in [0.1, 0.15) is 26.3 Å². The van der Waals surface area contributed by atoms with E-state index in [2.05, 4.69) is 23.9 Å². The topological polar surface area (TPSA) is 58.2 Å². The minimum Gasteiger partial charge on any atom is -0.317 e. The molecule has 0 saturated heterocycles. The molecule has 0 aromatic heterocycles. The van der Waals surface area contributed by atoms with Gasteiger partial charge in [-0.1, -0.05) is 26.0 Å². The van der Waals surface area contributed by atoms with Crippen LogP contribution >= 0.6 is 11.8 Å². The summed E-state index contributed by atoms with van der Waals surface area (Å²) in [6.45, 7) is 7.89. The van der Waals surface area contributed by atoms with E-state index in [9.17, 15) is 8.42 Å². The third-order valence-corrected chi connectivity index (χ3v) is 5.75. The van der Waals surface area contributed by atoms with Gasteiger partial charge < -0.3 is 5.32 Å². The molecule has 0 fully saturated rings. The van der Waals surface area contributed by atoms with Gasteiger partial charge in [0, 0.05) is 11.8 Å². The van der Waals surface area contributed by atoms with Crippen molar-refractivity contribution in [1.82, 2.24) is 10.0 Å². The Morgan fingerprint density at radius 2 is 1.86 bits per heavy atom. The van der Waals surface area contributed by atoms with Crippen molar-refractivity contribution in [1.29, 1.82) is 0 Å². The summed E-state index contributed by atoms with van der Waals surface area (Å²) in [5, 5.41) is 3.25. The third kappa shape index (κ3) is 6.82. The minimum atomic E-state index is -3.41. The molecule has 0 heterocycles. The molecule has 1 rings (SSSR count). The van der Waals surface area contributed by atoms with Crippen molar-refractivity contribution in [3.05, 3.63) is 29.8 Å². The summed E-state index contributed by atoms with van der Waals surface area (Å²) in [6, 6.07) is 7.08. The summed E-state index contributed by atoms with van der Waals surface area (Å²) < 4.78 is 27.2. The first-order valence-electron chi connectivity index (χ1n) is 7.39. The lowest BCUT2D eigenvalue weighted by molar-refractivity contribution is 0.571. The molecule has 0 saturated carbocycles. The van der Waals surface area contributed by atoms with Crippen LogP contribution in [0, 0.1) is 0 Å². The first-order valence-corrected chi connectivity index (χ1v) is 10.0. The van der Waals surface area contributed by atoms with E-state index in [1.54, 1.807) is 23.9 Å². The smallest absolute Gasteiger partial charge is 0.240 e. The third-order valence-electron chi connectivity index (χ3n) is 3.00. The van der Waals surface area contributed by atoms with E-state index in [4.69, 9.17) is 0 Å². The van der Waals surface area contributed by atoms with Gasteiger partial charge in [-0.05, 0) is 49.9 Å². The average molecular weight is 331 g/mol. The van der Waals surface area contributed by atoms with Crippen molar-refractivity contribution in [3.8, 4) is 0 Å². The molecule has 0 amide bonds. The standard InChI is InChI=1S/C15H26N2O2S2/c1-4-16-11-10-14-6-8-15(9-7-14)21(18,19)17-13(3)12-20-5-2/h6-9,13,16-17H,4-5,10-12H2,1-3H3. The second-order valence-electron chi connectivity index (χ2n) is 4.93. The highest BCUT2D eigenvalue weighted by atomic mass is 32.2. The van der Waals surface area contributed by atoms with Crippen molar-refractivity contribution in [2.75, 3.05) is 24.6 Å². The van der Waals surface area contributed by atoms with Gasteiger partial charge in [0.15, 0.2) is 0 Å². The molecule has 120 valence electrons. The largest absolute Gasteiger partial charge is 0.317 e. The zero-order valence-corrected chi connectivity index (χ0v) is 14.7. The fourth-order valence-electron chi connectivity index (χ4n) is 1.91. The Bertz CT molecular complexity index is 501. The number of likely N-dealkylation sites (N-methyl/N-ethyl adjacent to an activating group) is 1. The lowest BCUT2D eigenvalue weighted by Gasteiger charge is -2.14. The number of hydrogen-bond donors (Lipinski definition) is 2. The Hall–Kier alpha value is -0.560. The quantitative estimate of drug-likeness (QED) is 0.646. The first-order chi connectivity index (χ1) is 9.99. The Morgan fingerprint density at radius 1 is 1.19 bits per heavy atom. The van der Waals surface area contributed by atoms with Crippen LogP contribution < -0.4 is 10.0 Å². The number of benzene rings is 1. The van der Waals surface area contributed by atoms with Gasteiger partial charge in [-0.15, -0.1) is 0 Å². The monoisotopic (exact) mass is 330 g/mol. The molecule has 0 spiro atoms. The van der Waals surface area contributed by atoms with Gasteiger partial charge in [0.2, 0.25) is 10.0 Å². The Balaban J connectivity index is 2.62. The van der Waals surface area contributed by atoms with Crippen LogP contribution in [0.25, 0.3) is 0 Å². The fraction of sp³-hybridized carbons (Fsp3) is 0.600. The van der Waals surface area contributed by atoms with Gasteiger partial charge in [-0.25, -0.2) is 13.1 Å². The molecule has 6 heteroatoms. The van der Waals surface area contributed by atoms with Gasteiger partial charge in [0.1, 0.15) is 0 Å². The predicted octanol–water partition coefficient (Wildman–Crippen LogP) is 2.26. The molecule has 1 aromatic rings. The van der Waals surface area contributed by atoms with Gasteiger partial charge in [0.25, 0.3) is 0 Å². The van der Waals surface area contributed by atoms with E-state index in [0.717, 1.165) is 36.6 Å². The van der Waals surface area contributed by atoms with E-state index < -0.39 is 10.0 Å². The van der Waals surface area contributed by atoms with Gasteiger partial charge in [-0.3, -0.25) is 0 Å². The van der Waals surface area contributed by atoms with Crippen molar-refractivity contribution in [2.45, 2.75) is 38.1 Å². The number of nitrogens with one attached hydrogen (secondary N) is 2. The van der Waals surface area contributed by atoms with Crippen molar-refractivity contribution in [2.24, 2.45) is 0 Å². The van der Waals surface area contributed by atoms with Crippen LogP contribution in [0.15, 0.2) is 29.2 Å². The van der Waals surface area contributed by atoms with Crippen molar-refractivity contribution >= 4 is 21.8 Å². The molecule has 0 bridgehead atoms. The number of sulfonamides is 1. The van der Waals surface area contributed by atoms with Crippen molar-refractivity contribution in [3.63, 3.8) is 0 Å². The van der Waals surface area contributed by atoms with Crippen LogP contribution in [0.2, 0.25) is 0 Å². The maximum absolute atomic E-state index is 12.2. The van der Waals surface area contributed by atoms with E-state index in [1.165, 1.54) is 0 Å². The minimum absolute atomic E-state index is 0.0617. The van der Waals surface area contributed by atoms with Crippen LogP contribution in [-0.2, 0) is 16.4 Å². The second-order valence-corrected chi connectivity index (χ2v) is 7.96. The molecule has 1 aromatic carbocycles. The van der Waals surface area contributed by atoms with Crippen LogP contribution in [0.3, 0.4) is 0 Å². The first kappa shape index (κ1) is 18.5. The predicted molar refractivity (Wildman–Crippen MR) is 91.5 cm³/mol. The molecule has 0 aliphatic carbocycles. The highest BCUT2D eigenvalue weighted by Crippen LogP contribution is 2.12. The Labute approximate surface area is 133 Å². The summed E-state index contributed by atoms with van der Waals surface area (Å²) in [7, 11) is -3.41. The molecule has 1 unspecified atom stereocenters. The SMILES string of the molecule is CCNCCc1ccc(S(=O)(=O)NC(C)CSCC)cc1. The molecule has 4 nitrogen and oxygen atoms in total. The summed E-state index contributed by atoms with van der Waals surface area (Å²) in [5.74, 6) is 1.78. The summed E-state index contributed by atoms with van der Waals surface area (Å²) in [6.07, 6.45) is 0.908. The molecule has 0 aliphatic rings. The van der Waals surface area contributed by atoms with E-state index in [-0.39, 0.29) is 6.04 Å². The number of rotatable bonds is 10. The highest BCUT2D eigenvalue weighted by Gasteiger charge is 2.16. The number of hydrogen-bond acceptors (Lipinski definition) is 4. The molecular formula is C15H26N2O2S2. The highest BCUT2D eigenvalue weighted by molar-refractivity contribution is 7.99. The number of thioether (sulfide) groups is 1. The lowest BCUT2D eigenvalue weighted by atomic mass is 10.1. The lowest BCUT2D eigenvalue weighted by Crippen LogP contribution is -2.34. The van der Waals surface area contributed by atoms with Gasteiger partial charge in [-0.2, -0.15) is 11.8 Å². The summed E-state index contributed by atoms with van der Waals surface area (Å²) in [5.41, 5.74) is 1.14. The van der Waals surface area contributed by atoms with Crippen LogP contribution in [0.4, 0.5) is 0 Å². The maximum atomic E-state index is 12.2. The Kier molecular flexibility index (Phi) is 8.33. The normalized spacial score (nSPS) is 13.3. The zero-order chi connectivity index (χ0) is 15.7. The Morgan fingerprint density at radius 3 is 2.43 bits per heavy atom. The van der Waals surface area contributed by atoms with E-state index in [0.29, 0.717) is 4.90 Å². The molecule has 2 N–H and O–H groups in total. The zero-order valence-electron chi connectivity index (χ0n) is 13.1. The fourth-order valence-corrected chi connectivity index (χ4v) is 3.93. The maximum Gasteiger partial charge on any atom is 0.240 e. The molecule has 21 heavy (non-hydrogen) atoms. The van der Waals surface area contributed by atoms with Crippen LogP contribution in [0.5, 0.6) is 0 Å². The average Bonchev–Trinajstić information content (AvgIpc) is 2.45. The van der Waals surface area contributed by atoms with Crippen molar-refractivity contribution < 1.29 is 8.42 Å². The molecular weight excluding hydrogens is 304 g/mol. The molecule has 1 atom stereocenters. The van der Waals surface area contributed by atoms with E-state index >= 15 is 0 Å². The summed E-state index contributed by atoms with van der Waals surface area (Å²) >= 11 is 1.73. The summed E-state index contributed by atoms with van der Waals surface area (Å²) in [4.78, 5) is 0.336. The van der Waals surface area contributed by atoms with Gasteiger partial charge in [0.05, 0.1) is 4.90 Å². The van der Waals surface area contributed by atoms with E-state index in [1.807, 2.05) is 19.1 Å².